The van der Waals surface area contributed by atoms with Crippen LogP contribution < -0.4 is 0 Å². The molecule has 0 amide bonds. The summed E-state index contributed by atoms with van der Waals surface area (Å²) in [5.41, 5.74) is 0. The molecule has 0 radical (unpaired) electrons. The summed E-state index contributed by atoms with van der Waals surface area (Å²) in [7, 11) is 0. The summed E-state index contributed by atoms with van der Waals surface area (Å²) in [4.78, 5) is 0. The molecule has 0 aliphatic heterocycles. The molecule has 9 heavy (non-hydrogen) atoms. The minimum absolute atomic E-state index is 1.24. The maximum atomic E-state index is 10.2. The molecule has 6 heteroatoms. The molecule has 0 aromatic heterocycles. The molecule has 0 aliphatic rings. The van der Waals surface area contributed by atoms with Crippen molar-refractivity contribution in [1.82, 2.24) is 0 Å². The molecular formula is C3H8O4S2. The van der Waals surface area contributed by atoms with E-state index in [4.69, 9.17) is 9.11 Å². The highest BCUT2D eigenvalue weighted by Gasteiger charge is 2.31. The van der Waals surface area contributed by atoms with Crippen LogP contribution in [0.15, 0.2) is 0 Å². The van der Waals surface area contributed by atoms with Crippen molar-refractivity contribution in [3.8, 4) is 0 Å². The minimum atomic E-state index is -2.26. The van der Waals surface area contributed by atoms with Crippen LogP contribution in [0.4, 0.5) is 0 Å². The van der Waals surface area contributed by atoms with Gasteiger partial charge in [-0.05, 0) is 13.8 Å². The fraction of sp³-hybridized carbons (Fsp3) is 1.00. The molecule has 4 nitrogen and oxygen atoms in total. The molecular weight excluding hydrogens is 164 g/mol. The Kier molecular flexibility index (Phi) is 2.94. The van der Waals surface area contributed by atoms with E-state index < -0.39 is 26.2 Å². The molecule has 0 aliphatic carbocycles. The summed E-state index contributed by atoms with van der Waals surface area (Å²) in [6, 6.07) is 0. The number of hydrogen-bond donors (Lipinski definition) is 2. The Labute approximate surface area is 58.2 Å². The molecule has 0 fully saturated rings. The Balaban J connectivity index is 4.38. The zero-order valence-corrected chi connectivity index (χ0v) is 6.66. The molecule has 2 atom stereocenters. The van der Waals surface area contributed by atoms with Crippen LogP contribution in [0.25, 0.3) is 0 Å². The van der Waals surface area contributed by atoms with Gasteiger partial charge in [0.25, 0.3) is 0 Å². The van der Waals surface area contributed by atoms with E-state index in [9.17, 15) is 8.42 Å². The highest BCUT2D eigenvalue weighted by Crippen LogP contribution is 2.13. The summed E-state index contributed by atoms with van der Waals surface area (Å²) in [6.45, 7) is 2.47. The van der Waals surface area contributed by atoms with Crippen LogP contribution >= 0.6 is 0 Å². The van der Waals surface area contributed by atoms with Gasteiger partial charge < -0.3 is 9.11 Å². The topological polar surface area (TPSA) is 74.6 Å². The van der Waals surface area contributed by atoms with Crippen LogP contribution in [0.3, 0.4) is 0 Å². The Morgan fingerprint density at radius 3 is 1.33 bits per heavy atom. The molecule has 0 heterocycles. The third-order valence-electron chi connectivity index (χ3n) is 0.841. The van der Waals surface area contributed by atoms with Gasteiger partial charge >= 0.3 is 0 Å². The van der Waals surface area contributed by atoms with Crippen LogP contribution in [0.1, 0.15) is 13.8 Å². The van der Waals surface area contributed by atoms with Crippen molar-refractivity contribution < 1.29 is 17.5 Å². The van der Waals surface area contributed by atoms with E-state index >= 15 is 0 Å². The fourth-order valence-electron chi connectivity index (χ4n) is 0.0610. The van der Waals surface area contributed by atoms with E-state index in [1.165, 1.54) is 13.8 Å². The Hall–Kier alpha value is 0.220. The van der Waals surface area contributed by atoms with Crippen molar-refractivity contribution in [2.45, 2.75) is 17.9 Å². The van der Waals surface area contributed by atoms with Crippen molar-refractivity contribution >= 4 is 22.2 Å². The van der Waals surface area contributed by atoms with E-state index in [1.54, 1.807) is 0 Å². The van der Waals surface area contributed by atoms with Gasteiger partial charge in [-0.15, -0.1) is 0 Å². The van der Waals surface area contributed by atoms with E-state index in [0.717, 1.165) is 0 Å². The lowest BCUT2D eigenvalue weighted by Crippen LogP contribution is -2.31. The van der Waals surface area contributed by atoms with Crippen molar-refractivity contribution in [3.63, 3.8) is 0 Å². The van der Waals surface area contributed by atoms with Crippen LogP contribution in [0.2, 0.25) is 0 Å². The SMILES string of the molecule is CC(C)(S(=O)O)S(=O)O. The average Bonchev–Trinajstić information content (AvgIpc) is 1.65. The maximum absolute atomic E-state index is 10.2. The normalized spacial score (nSPS) is 19.1. The van der Waals surface area contributed by atoms with E-state index in [1.807, 2.05) is 0 Å². The standard InChI is InChI=1S/C3H8O4S2/c1-3(2,8(4)5)9(6)7/h1-2H3,(H,4,5)(H,6,7). The fourth-order valence-corrected chi connectivity index (χ4v) is 0.549. The van der Waals surface area contributed by atoms with Crippen molar-refractivity contribution in [1.29, 1.82) is 0 Å². The highest BCUT2D eigenvalue weighted by atomic mass is 32.3. The molecule has 0 aromatic carbocycles. The van der Waals surface area contributed by atoms with Crippen LogP contribution in [0, 0.1) is 0 Å². The quantitative estimate of drug-likeness (QED) is 0.582. The van der Waals surface area contributed by atoms with Gasteiger partial charge in [0, 0.05) is 0 Å². The van der Waals surface area contributed by atoms with Gasteiger partial charge in [-0.1, -0.05) is 0 Å². The maximum Gasteiger partial charge on any atom is 0.174 e. The molecule has 0 rings (SSSR count). The van der Waals surface area contributed by atoms with Gasteiger partial charge in [-0.3, -0.25) is 0 Å². The second-order valence-electron chi connectivity index (χ2n) is 1.90. The largest absolute Gasteiger partial charge is 0.305 e. The lowest BCUT2D eigenvalue weighted by Gasteiger charge is -2.13. The van der Waals surface area contributed by atoms with Gasteiger partial charge in [-0.2, -0.15) is 0 Å². The van der Waals surface area contributed by atoms with E-state index in [2.05, 4.69) is 0 Å². The van der Waals surface area contributed by atoms with Crippen LogP contribution in [-0.4, -0.2) is 21.6 Å². The van der Waals surface area contributed by atoms with E-state index in [0.29, 0.717) is 0 Å². The van der Waals surface area contributed by atoms with Gasteiger partial charge in [0.15, 0.2) is 26.2 Å². The smallest absolute Gasteiger partial charge is 0.174 e. The summed E-state index contributed by atoms with van der Waals surface area (Å²) >= 11 is -4.51. The molecule has 2 N–H and O–H groups in total. The molecule has 0 bridgehead atoms. The first kappa shape index (κ1) is 9.22. The molecule has 0 saturated heterocycles. The third kappa shape index (κ3) is 2.13. The van der Waals surface area contributed by atoms with Crippen LogP contribution in [-0.2, 0) is 22.2 Å². The Morgan fingerprint density at radius 2 is 1.33 bits per heavy atom. The van der Waals surface area contributed by atoms with E-state index in [-0.39, 0.29) is 0 Å². The van der Waals surface area contributed by atoms with Gasteiger partial charge in [0.2, 0.25) is 0 Å². The zero-order valence-electron chi connectivity index (χ0n) is 5.03. The van der Waals surface area contributed by atoms with Gasteiger partial charge in [0.05, 0.1) is 0 Å². The lowest BCUT2D eigenvalue weighted by atomic mass is 10.5. The molecule has 0 saturated carbocycles. The number of hydrogen-bond acceptors (Lipinski definition) is 2. The average molecular weight is 172 g/mol. The number of rotatable bonds is 2. The molecule has 0 spiro atoms. The first-order valence-electron chi connectivity index (χ1n) is 2.11. The van der Waals surface area contributed by atoms with Crippen molar-refractivity contribution in [3.05, 3.63) is 0 Å². The predicted molar refractivity (Wildman–Crippen MR) is 35.6 cm³/mol. The molecule has 56 valence electrons. The first-order valence-corrected chi connectivity index (χ1v) is 4.32. The summed E-state index contributed by atoms with van der Waals surface area (Å²) in [6.07, 6.45) is 0. The highest BCUT2D eigenvalue weighted by molar-refractivity contribution is 7.99. The van der Waals surface area contributed by atoms with Crippen molar-refractivity contribution in [2.24, 2.45) is 0 Å². The summed E-state index contributed by atoms with van der Waals surface area (Å²) in [5, 5.41) is 0. The second kappa shape index (κ2) is 2.87. The lowest BCUT2D eigenvalue weighted by molar-refractivity contribution is 0.520. The monoisotopic (exact) mass is 172 g/mol. The molecule has 2 unspecified atom stereocenters. The Bertz CT molecular complexity index is 136. The second-order valence-corrected chi connectivity index (χ2v) is 5.19. The van der Waals surface area contributed by atoms with Gasteiger partial charge in [0.1, 0.15) is 0 Å². The Morgan fingerprint density at radius 1 is 1.11 bits per heavy atom. The van der Waals surface area contributed by atoms with Crippen LogP contribution in [0.5, 0.6) is 0 Å². The summed E-state index contributed by atoms with van der Waals surface area (Å²) < 4.78 is 35.7. The van der Waals surface area contributed by atoms with Crippen molar-refractivity contribution in [2.75, 3.05) is 0 Å². The zero-order chi connectivity index (χ0) is 7.65. The third-order valence-corrected chi connectivity index (χ3v) is 3.38. The minimum Gasteiger partial charge on any atom is -0.305 e. The summed E-state index contributed by atoms with van der Waals surface area (Å²) in [5.74, 6) is 0. The predicted octanol–water partition coefficient (Wildman–Crippen LogP) is 0.166. The molecule has 0 aromatic rings. The first-order chi connectivity index (χ1) is 3.89. The van der Waals surface area contributed by atoms with Gasteiger partial charge in [-0.25, -0.2) is 8.42 Å².